The molecule has 84 valence electrons. The summed E-state index contributed by atoms with van der Waals surface area (Å²) in [5.41, 5.74) is 0.777. The second-order valence-corrected chi connectivity index (χ2v) is 5.16. The Morgan fingerprint density at radius 2 is 2.27 bits per heavy atom. The summed E-state index contributed by atoms with van der Waals surface area (Å²) in [6.45, 7) is 1.73. The average molecular weight is 233 g/mol. The van der Waals surface area contributed by atoms with Crippen molar-refractivity contribution in [3.05, 3.63) is 33.9 Å². The van der Waals surface area contributed by atoms with Gasteiger partial charge in [0.2, 0.25) is 0 Å². The zero-order chi connectivity index (χ0) is 11.7. The summed E-state index contributed by atoms with van der Waals surface area (Å²) in [5.74, 6) is 4.80. The summed E-state index contributed by atoms with van der Waals surface area (Å²) < 4.78 is 22.9. The standard InChI is InChI=1S/C7H11N3O4S/c1-6-2-4-7(5-3-6,10(11)12)15(13,14)9-8/h2-4,9H,5,8H2,1H3. The van der Waals surface area contributed by atoms with E-state index < -0.39 is 19.8 Å². The SMILES string of the molecule is CC1=CCC([N+](=O)[O-])(S(=O)(=O)NN)C=C1. The smallest absolute Gasteiger partial charge is 0.262 e. The van der Waals surface area contributed by atoms with E-state index in [0.717, 1.165) is 11.6 Å². The number of allylic oxidation sites excluding steroid dienone is 2. The first-order valence-corrected chi connectivity index (χ1v) is 5.56. The molecule has 0 aromatic rings. The van der Waals surface area contributed by atoms with Crippen LogP contribution in [0.1, 0.15) is 13.3 Å². The molecule has 0 saturated heterocycles. The number of hydrogen-bond donors (Lipinski definition) is 2. The van der Waals surface area contributed by atoms with Crippen LogP contribution in [0, 0.1) is 10.1 Å². The molecule has 0 radical (unpaired) electrons. The third kappa shape index (κ3) is 1.78. The highest BCUT2D eigenvalue weighted by molar-refractivity contribution is 7.90. The van der Waals surface area contributed by atoms with E-state index in [-0.39, 0.29) is 6.42 Å². The minimum atomic E-state index is -4.21. The highest BCUT2D eigenvalue weighted by Crippen LogP contribution is 2.28. The Hall–Kier alpha value is -1.25. The Kier molecular flexibility index (Phi) is 2.93. The minimum absolute atomic E-state index is 0.227. The van der Waals surface area contributed by atoms with Crippen molar-refractivity contribution in [3.63, 3.8) is 0 Å². The predicted octanol–water partition coefficient (Wildman–Crippen LogP) is -0.341. The van der Waals surface area contributed by atoms with Crippen LogP contribution < -0.4 is 10.7 Å². The van der Waals surface area contributed by atoms with Gasteiger partial charge in [0, 0.05) is 11.0 Å². The van der Waals surface area contributed by atoms with E-state index >= 15 is 0 Å². The number of hydrogen-bond acceptors (Lipinski definition) is 5. The van der Waals surface area contributed by atoms with Crippen LogP contribution in [-0.4, -0.2) is 18.2 Å². The Bertz CT molecular complexity index is 439. The molecular weight excluding hydrogens is 222 g/mol. The maximum atomic E-state index is 11.5. The fraction of sp³-hybridized carbons (Fsp3) is 0.429. The lowest BCUT2D eigenvalue weighted by Gasteiger charge is -2.22. The quantitative estimate of drug-likeness (QED) is 0.393. The number of hydrazine groups is 1. The van der Waals surface area contributed by atoms with Crippen LogP contribution in [0.5, 0.6) is 0 Å². The average Bonchev–Trinajstić information content (AvgIpc) is 2.18. The van der Waals surface area contributed by atoms with Crippen molar-refractivity contribution >= 4 is 10.0 Å². The van der Waals surface area contributed by atoms with Crippen molar-refractivity contribution in [2.75, 3.05) is 0 Å². The van der Waals surface area contributed by atoms with Gasteiger partial charge in [-0.25, -0.2) is 8.42 Å². The van der Waals surface area contributed by atoms with Crippen molar-refractivity contribution in [2.24, 2.45) is 5.84 Å². The molecule has 1 atom stereocenters. The maximum absolute atomic E-state index is 11.5. The predicted molar refractivity (Wildman–Crippen MR) is 53.5 cm³/mol. The molecule has 1 aliphatic carbocycles. The molecule has 1 rings (SSSR count). The van der Waals surface area contributed by atoms with E-state index in [1.165, 1.54) is 17.0 Å². The molecule has 0 bridgehead atoms. The van der Waals surface area contributed by atoms with Gasteiger partial charge in [0.1, 0.15) is 0 Å². The molecule has 0 spiro atoms. The third-order valence-corrected chi connectivity index (χ3v) is 3.95. The second kappa shape index (κ2) is 3.72. The molecular formula is C7H11N3O4S. The number of sulfonamides is 1. The first-order chi connectivity index (χ1) is 6.85. The zero-order valence-electron chi connectivity index (χ0n) is 8.00. The zero-order valence-corrected chi connectivity index (χ0v) is 8.82. The first kappa shape index (κ1) is 11.8. The number of nitrogens with one attached hydrogen (secondary N) is 1. The summed E-state index contributed by atoms with van der Waals surface area (Å²) in [4.78, 5) is 9.28. The highest BCUT2D eigenvalue weighted by atomic mass is 32.2. The van der Waals surface area contributed by atoms with Crippen LogP contribution in [0.4, 0.5) is 0 Å². The summed E-state index contributed by atoms with van der Waals surface area (Å²) in [7, 11) is -4.21. The third-order valence-electron chi connectivity index (χ3n) is 2.25. The molecule has 0 aromatic carbocycles. The van der Waals surface area contributed by atoms with Gasteiger partial charge in [-0.2, -0.15) is 0 Å². The molecule has 0 aromatic heterocycles. The van der Waals surface area contributed by atoms with Gasteiger partial charge in [-0.1, -0.05) is 17.7 Å². The van der Waals surface area contributed by atoms with E-state index in [1.807, 2.05) is 0 Å². The van der Waals surface area contributed by atoms with Gasteiger partial charge >= 0.3 is 14.9 Å². The first-order valence-electron chi connectivity index (χ1n) is 4.08. The molecule has 0 saturated carbocycles. The Balaban J connectivity index is 3.27. The largest absolute Gasteiger partial charge is 0.355 e. The number of nitrogens with two attached hydrogens (primary N) is 1. The van der Waals surface area contributed by atoms with Crippen LogP contribution in [0.3, 0.4) is 0 Å². The monoisotopic (exact) mass is 233 g/mol. The fourth-order valence-electron chi connectivity index (χ4n) is 1.24. The van der Waals surface area contributed by atoms with Crippen LogP contribution in [0.15, 0.2) is 23.8 Å². The van der Waals surface area contributed by atoms with E-state index in [4.69, 9.17) is 5.84 Å². The Morgan fingerprint density at radius 1 is 1.67 bits per heavy atom. The van der Waals surface area contributed by atoms with Crippen LogP contribution in [0.25, 0.3) is 0 Å². The van der Waals surface area contributed by atoms with Crippen molar-refractivity contribution < 1.29 is 13.3 Å². The van der Waals surface area contributed by atoms with Gasteiger partial charge in [0.05, 0.1) is 6.42 Å². The molecule has 0 aliphatic heterocycles. The van der Waals surface area contributed by atoms with Gasteiger partial charge < -0.3 is 0 Å². The molecule has 8 heteroatoms. The molecule has 0 fully saturated rings. The lowest BCUT2D eigenvalue weighted by molar-refractivity contribution is -0.526. The second-order valence-electron chi connectivity index (χ2n) is 3.21. The normalized spacial score (nSPS) is 26.1. The van der Waals surface area contributed by atoms with Crippen LogP contribution >= 0.6 is 0 Å². The van der Waals surface area contributed by atoms with Gasteiger partial charge in [-0.15, -0.1) is 4.83 Å². The van der Waals surface area contributed by atoms with E-state index in [0.29, 0.717) is 0 Å². The maximum Gasteiger partial charge on any atom is 0.355 e. The summed E-state index contributed by atoms with van der Waals surface area (Å²) in [6.07, 6.45) is 3.69. The summed E-state index contributed by atoms with van der Waals surface area (Å²) in [5, 5.41) is 10.8. The highest BCUT2D eigenvalue weighted by Gasteiger charge is 2.53. The Morgan fingerprint density at radius 3 is 2.60 bits per heavy atom. The molecule has 0 amide bonds. The van der Waals surface area contributed by atoms with Gasteiger partial charge in [-0.3, -0.25) is 16.0 Å². The number of rotatable bonds is 3. The van der Waals surface area contributed by atoms with E-state index in [9.17, 15) is 18.5 Å². The molecule has 15 heavy (non-hydrogen) atoms. The lowest BCUT2D eigenvalue weighted by atomic mass is 10.0. The van der Waals surface area contributed by atoms with Crippen molar-refractivity contribution in [3.8, 4) is 0 Å². The fourth-order valence-corrected chi connectivity index (χ4v) is 2.19. The number of nitrogens with zero attached hydrogens (tertiary/aromatic N) is 1. The Labute approximate surface area is 86.8 Å². The van der Waals surface area contributed by atoms with Crippen molar-refractivity contribution in [1.29, 1.82) is 0 Å². The van der Waals surface area contributed by atoms with Crippen LogP contribution in [0.2, 0.25) is 0 Å². The summed E-state index contributed by atoms with van der Waals surface area (Å²) >= 11 is 0. The van der Waals surface area contributed by atoms with Crippen LogP contribution in [-0.2, 0) is 10.0 Å². The molecule has 0 heterocycles. The minimum Gasteiger partial charge on any atom is -0.262 e. The molecule has 1 unspecified atom stereocenters. The molecule has 3 N–H and O–H groups in total. The summed E-state index contributed by atoms with van der Waals surface area (Å²) in [6, 6.07) is 0. The molecule has 7 nitrogen and oxygen atoms in total. The van der Waals surface area contributed by atoms with E-state index in [1.54, 1.807) is 6.92 Å². The van der Waals surface area contributed by atoms with Gasteiger partial charge in [-0.05, 0) is 6.92 Å². The number of nitro groups is 1. The van der Waals surface area contributed by atoms with E-state index in [2.05, 4.69) is 0 Å². The lowest BCUT2D eigenvalue weighted by Crippen LogP contribution is -2.53. The molecule has 1 aliphatic rings. The van der Waals surface area contributed by atoms with Gasteiger partial charge in [0.25, 0.3) is 0 Å². The topological polar surface area (TPSA) is 115 Å². The van der Waals surface area contributed by atoms with Gasteiger partial charge in [0.15, 0.2) is 0 Å². The van der Waals surface area contributed by atoms with Crippen molar-refractivity contribution in [2.45, 2.75) is 18.2 Å². The van der Waals surface area contributed by atoms with Crippen molar-refractivity contribution in [1.82, 2.24) is 4.83 Å².